The number of carbonyl (C=O) groups excluding carboxylic acids is 1. The average Bonchev–Trinajstić information content (AvgIpc) is 2.55. The number of fused-ring (bicyclic) bond motifs is 1. The van der Waals surface area contributed by atoms with Crippen LogP contribution in [0, 0.1) is 5.82 Å². The summed E-state index contributed by atoms with van der Waals surface area (Å²) in [6.07, 6.45) is 0. The topological polar surface area (TPSA) is 38.3 Å². The molecule has 1 aliphatic heterocycles. The highest BCUT2D eigenvalue weighted by Gasteiger charge is 2.29. The second-order valence-electron chi connectivity index (χ2n) is 5.77. The summed E-state index contributed by atoms with van der Waals surface area (Å²) in [5, 5.41) is 2.83. The normalized spacial score (nSPS) is 16.6. The second kappa shape index (κ2) is 5.48. The largest absolute Gasteiger partial charge is 0.361 e. The van der Waals surface area contributed by atoms with Crippen LogP contribution >= 0.6 is 15.9 Å². The molecule has 0 unspecified atom stereocenters. The summed E-state index contributed by atoms with van der Waals surface area (Å²) < 4.78 is 20.0. The van der Waals surface area contributed by atoms with Gasteiger partial charge in [0, 0.05) is 15.7 Å². The van der Waals surface area contributed by atoms with Gasteiger partial charge in [-0.25, -0.2) is 4.39 Å². The molecular weight excluding hydrogens is 349 g/mol. The van der Waals surface area contributed by atoms with E-state index in [0.29, 0.717) is 4.47 Å². The Morgan fingerprint density at radius 1 is 1.18 bits per heavy atom. The molecule has 114 valence electrons. The summed E-state index contributed by atoms with van der Waals surface area (Å²) in [5.74, 6) is -0.476. The first-order valence-electron chi connectivity index (χ1n) is 6.90. The number of anilines is 1. The maximum atomic E-state index is 13.6. The number of rotatable bonds is 1. The third-order valence-electron chi connectivity index (χ3n) is 3.70. The minimum Gasteiger partial charge on any atom is -0.361 e. The first-order chi connectivity index (χ1) is 10.3. The van der Waals surface area contributed by atoms with Crippen molar-refractivity contribution in [1.29, 1.82) is 0 Å². The summed E-state index contributed by atoms with van der Waals surface area (Å²) in [5.41, 5.74) is 2.63. The highest BCUT2D eigenvalue weighted by molar-refractivity contribution is 9.10. The van der Waals surface area contributed by atoms with Gasteiger partial charge in [-0.1, -0.05) is 22.0 Å². The zero-order valence-corrected chi connectivity index (χ0v) is 13.8. The van der Waals surface area contributed by atoms with Gasteiger partial charge in [-0.05, 0) is 55.3 Å². The number of benzene rings is 2. The Kier molecular flexibility index (Phi) is 3.78. The maximum absolute atomic E-state index is 13.6. The monoisotopic (exact) mass is 363 g/mol. The molecule has 0 bridgehead atoms. The zero-order valence-electron chi connectivity index (χ0n) is 12.2. The van der Waals surface area contributed by atoms with Gasteiger partial charge < -0.3 is 10.1 Å². The van der Waals surface area contributed by atoms with Crippen LogP contribution in [-0.2, 0) is 15.1 Å². The van der Waals surface area contributed by atoms with Gasteiger partial charge in [-0.3, -0.25) is 4.79 Å². The van der Waals surface area contributed by atoms with Crippen molar-refractivity contribution in [1.82, 2.24) is 0 Å². The highest BCUT2D eigenvalue weighted by Crippen LogP contribution is 2.37. The van der Waals surface area contributed by atoms with Gasteiger partial charge in [-0.2, -0.15) is 0 Å². The third-order valence-corrected chi connectivity index (χ3v) is 4.16. The molecule has 22 heavy (non-hydrogen) atoms. The molecule has 1 heterocycles. The Balaban J connectivity index is 2.13. The van der Waals surface area contributed by atoms with Crippen LogP contribution in [0.15, 0.2) is 40.9 Å². The Bertz CT molecular complexity index is 738. The van der Waals surface area contributed by atoms with E-state index in [1.165, 1.54) is 12.1 Å². The summed E-state index contributed by atoms with van der Waals surface area (Å²) in [6, 6.07) is 10.4. The summed E-state index contributed by atoms with van der Waals surface area (Å²) in [4.78, 5) is 11.7. The van der Waals surface area contributed by atoms with Crippen LogP contribution in [0.3, 0.4) is 0 Å². The molecule has 2 aromatic rings. The first kappa shape index (κ1) is 15.2. The maximum Gasteiger partial charge on any atom is 0.250 e. The molecule has 1 N–H and O–H groups in total. The van der Waals surface area contributed by atoms with Crippen molar-refractivity contribution < 1.29 is 13.9 Å². The van der Waals surface area contributed by atoms with Crippen molar-refractivity contribution in [2.24, 2.45) is 0 Å². The van der Waals surface area contributed by atoms with E-state index in [9.17, 15) is 9.18 Å². The summed E-state index contributed by atoms with van der Waals surface area (Å²) in [7, 11) is 0. The first-order valence-corrected chi connectivity index (χ1v) is 7.69. The lowest BCUT2D eigenvalue weighted by Crippen LogP contribution is -2.22. The van der Waals surface area contributed by atoms with Crippen molar-refractivity contribution in [3.63, 3.8) is 0 Å². The fourth-order valence-electron chi connectivity index (χ4n) is 2.56. The van der Waals surface area contributed by atoms with Crippen LogP contribution in [0.2, 0.25) is 0 Å². The van der Waals surface area contributed by atoms with Crippen LogP contribution in [0.25, 0.3) is 11.1 Å². The minimum absolute atomic E-state index is 0.0164. The molecule has 0 aliphatic carbocycles. The second-order valence-corrected chi connectivity index (χ2v) is 6.68. The molecule has 0 aromatic heterocycles. The van der Waals surface area contributed by atoms with Gasteiger partial charge in [0.1, 0.15) is 12.4 Å². The van der Waals surface area contributed by atoms with Crippen LogP contribution < -0.4 is 5.32 Å². The Labute approximate surface area is 136 Å². The minimum atomic E-state index is -0.602. The SMILES string of the molecule is CC1(C)OCC(=O)Nc2ccc(-c3cc(F)cc(Br)c3)cc21. The number of hydrogen-bond acceptors (Lipinski definition) is 2. The zero-order chi connectivity index (χ0) is 15.9. The lowest BCUT2D eigenvalue weighted by atomic mass is 9.92. The van der Waals surface area contributed by atoms with Crippen molar-refractivity contribution in [3.05, 3.63) is 52.3 Å². The molecule has 3 rings (SSSR count). The van der Waals surface area contributed by atoms with Gasteiger partial charge in [0.15, 0.2) is 0 Å². The molecule has 1 amide bonds. The van der Waals surface area contributed by atoms with Crippen LogP contribution in [0.4, 0.5) is 10.1 Å². The van der Waals surface area contributed by atoms with Gasteiger partial charge >= 0.3 is 0 Å². The van der Waals surface area contributed by atoms with Gasteiger partial charge in [0.05, 0.1) is 5.60 Å². The highest BCUT2D eigenvalue weighted by atomic mass is 79.9. The molecule has 0 fully saturated rings. The van der Waals surface area contributed by atoms with E-state index in [2.05, 4.69) is 21.2 Å². The molecule has 1 aliphatic rings. The molecule has 0 saturated heterocycles. The predicted octanol–water partition coefficient (Wildman–Crippen LogP) is 4.46. The Morgan fingerprint density at radius 2 is 1.95 bits per heavy atom. The molecular formula is C17H15BrFNO2. The quantitative estimate of drug-likeness (QED) is 0.812. The van der Waals surface area contributed by atoms with Crippen LogP contribution in [-0.4, -0.2) is 12.5 Å². The lowest BCUT2D eigenvalue weighted by Gasteiger charge is -2.25. The molecule has 0 spiro atoms. The molecule has 5 heteroatoms. The van der Waals surface area contributed by atoms with Crippen molar-refractivity contribution >= 4 is 27.5 Å². The third kappa shape index (κ3) is 2.91. The molecule has 0 atom stereocenters. The van der Waals surface area contributed by atoms with E-state index in [1.54, 1.807) is 0 Å². The molecule has 0 radical (unpaired) electrons. The molecule has 2 aromatic carbocycles. The van der Waals surface area contributed by atoms with Gasteiger partial charge in [0.25, 0.3) is 0 Å². The fourth-order valence-corrected chi connectivity index (χ4v) is 3.03. The number of hydrogen-bond donors (Lipinski definition) is 1. The van der Waals surface area contributed by atoms with E-state index in [-0.39, 0.29) is 18.3 Å². The molecule has 0 saturated carbocycles. The van der Waals surface area contributed by atoms with E-state index < -0.39 is 5.60 Å². The average molecular weight is 364 g/mol. The smallest absolute Gasteiger partial charge is 0.250 e. The lowest BCUT2D eigenvalue weighted by molar-refractivity contribution is -0.125. The number of nitrogens with one attached hydrogen (secondary N) is 1. The van der Waals surface area contributed by atoms with E-state index >= 15 is 0 Å². The van der Waals surface area contributed by atoms with Crippen molar-refractivity contribution in [2.45, 2.75) is 19.4 Å². The fraction of sp³-hybridized carbons (Fsp3) is 0.235. The predicted molar refractivity (Wildman–Crippen MR) is 87.1 cm³/mol. The van der Waals surface area contributed by atoms with Gasteiger partial charge in [0.2, 0.25) is 5.91 Å². The molecule has 3 nitrogen and oxygen atoms in total. The van der Waals surface area contributed by atoms with Crippen LogP contribution in [0.1, 0.15) is 19.4 Å². The van der Waals surface area contributed by atoms with E-state index in [4.69, 9.17) is 4.74 Å². The Morgan fingerprint density at radius 3 is 2.68 bits per heavy atom. The van der Waals surface area contributed by atoms with Crippen molar-refractivity contribution in [3.8, 4) is 11.1 Å². The summed E-state index contributed by atoms with van der Waals surface area (Å²) >= 11 is 3.31. The number of amides is 1. The summed E-state index contributed by atoms with van der Waals surface area (Å²) in [6.45, 7) is 3.84. The van der Waals surface area contributed by atoms with E-state index in [1.807, 2.05) is 38.1 Å². The van der Waals surface area contributed by atoms with E-state index in [0.717, 1.165) is 22.4 Å². The number of carbonyl (C=O) groups is 1. The van der Waals surface area contributed by atoms with Crippen molar-refractivity contribution in [2.75, 3.05) is 11.9 Å². The van der Waals surface area contributed by atoms with Gasteiger partial charge in [-0.15, -0.1) is 0 Å². The number of halogens is 2. The number of ether oxygens (including phenoxy) is 1. The standard InChI is InChI=1S/C17H15BrFNO2/c1-17(2)14-7-10(11-5-12(18)8-13(19)6-11)3-4-15(14)20-16(21)9-22-17/h3-8H,9H2,1-2H3,(H,20,21). The van der Waals surface area contributed by atoms with Crippen LogP contribution in [0.5, 0.6) is 0 Å². The Hall–Kier alpha value is -1.72.